The monoisotopic (exact) mass is 437 g/mol. The van der Waals surface area contributed by atoms with Crippen molar-refractivity contribution in [2.24, 2.45) is 0 Å². The average Bonchev–Trinajstić information content (AvgIpc) is 3.29. The molecule has 7 nitrogen and oxygen atoms in total. The molecule has 0 aliphatic rings. The van der Waals surface area contributed by atoms with Gasteiger partial charge in [0.2, 0.25) is 5.91 Å². The summed E-state index contributed by atoms with van der Waals surface area (Å²) in [6.07, 6.45) is 2.37. The van der Waals surface area contributed by atoms with E-state index in [9.17, 15) is 9.59 Å². The van der Waals surface area contributed by atoms with Gasteiger partial charge in [-0.1, -0.05) is 47.3 Å². The lowest BCUT2D eigenvalue weighted by molar-refractivity contribution is -0.128. The topological polar surface area (TPSA) is 88.1 Å². The van der Waals surface area contributed by atoms with Crippen molar-refractivity contribution in [3.8, 4) is 0 Å². The highest BCUT2D eigenvalue weighted by Gasteiger charge is 2.36. The third kappa shape index (κ3) is 5.73. The molecule has 0 saturated heterocycles. The Hall–Kier alpha value is -3.13. The van der Waals surface area contributed by atoms with Gasteiger partial charge in [0.25, 0.3) is 5.91 Å². The minimum absolute atomic E-state index is 0.209. The van der Waals surface area contributed by atoms with E-state index in [-0.39, 0.29) is 24.1 Å². The molecule has 2 heterocycles. The minimum Gasteiger partial charge on any atom is -0.349 e. The molecule has 3 rings (SSSR count). The first-order chi connectivity index (χ1) is 14.8. The number of rotatable bonds is 8. The molecule has 0 spiro atoms. The van der Waals surface area contributed by atoms with Crippen LogP contribution >= 0.6 is 11.5 Å². The third-order valence-electron chi connectivity index (χ3n) is 5.19. The number of pyridine rings is 1. The molecule has 3 aromatic rings. The molecular formula is C23H27N5O2S. The maximum Gasteiger partial charge on any atom is 0.276 e. The van der Waals surface area contributed by atoms with Gasteiger partial charge in [-0.25, -0.2) is 0 Å². The molecule has 0 saturated carbocycles. The molecule has 0 aliphatic heterocycles. The van der Waals surface area contributed by atoms with Gasteiger partial charge in [0.15, 0.2) is 11.7 Å². The van der Waals surface area contributed by atoms with Gasteiger partial charge in [0.1, 0.15) is 0 Å². The largest absolute Gasteiger partial charge is 0.349 e. The molecule has 2 aromatic heterocycles. The van der Waals surface area contributed by atoms with E-state index < -0.39 is 11.6 Å². The summed E-state index contributed by atoms with van der Waals surface area (Å²) in [6.45, 7) is 8.16. The van der Waals surface area contributed by atoms with Crippen LogP contribution in [0.1, 0.15) is 60.5 Å². The van der Waals surface area contributed by atoms with Gasteiger partial charge in [-0.15, -0.1) is 5.10 Å². The predicted octanol–water partition coefficient (Wildman–Crippen LogP) is 3.93. The highest BCUT2D eigenvalue weighted by Crippen LogP contribution is 2.25. The van der Waals surface area contributed by atoms with Crippen LogP contribution in [-0.2, 0) is 11.3 Å². The van der Waals surface area contributed by atoms with Crippen LogP contribution in [0.2, 0.25) is 0 Å². The second-order valence-corrected chi connectivity index (χ2v) is 8.70. The van der Waals surface area contributed by atoms with E-state index in [4.69, 9.17) is 0 Å². The van der Waals surface area contributed by atoms with Crippen molar-refractivity contribution in [3.05, 3.63) is 76.6 Å². The number of nitrogens with zero attached hydrogens (tertiary/aromatic N) is 4. The summed E-state index contributed by atoms with van der Waals surface area (Å²) in [5.74, 6) is -0.649. The van der Waals surface area contributed by atoms with Crippen LogP contribution in [0.15, 0.2) is 54.0 Å². The molecule has 0 unspecified atom stereocenters. The van der Waals surface area contributed by atoms with E-state index >= 15 is 0 Å². The molecular weight excluding hydrogens is 410 g/mol. The van der Waals surface area contributed by atoms with Gasteiger partial charge in [-0.2, -0.15) is 0 Å². The fourth-order valence-corrected chi connectivity index (χ4v) is 3.47. The van der Waals surface area contributed by atoms with Gasteiger partial charge in [0, 0.05) is 23.7 Å². The van der Waals surface area contributed by atoms with Gasteiger partial charge in [0.05, 0.1) is 5.69 Å². The van der Waals surface area contributed by atoms with Crippen LogP contribution in [0.4, 0.5) is 0 Å². The number of carbonyl (C=O) groups is 2. The van der Waals surface area contributed by atoms with Crippen molar-refractivity contribution in [1.29, 1.82) is 0 Å². The Bertz CT molecular complexity index is 1000. The van der Waals surface area contributed by atoms with E-state index in [2.05, 4.69) is 19.9 Å². The number of aromatic nitrogens is 3. The lowest BCUT2D eigenvalue weighted by Crippen LogP contribution is -2.50. The van der Waals surface area contributed by atoms with E-state index in [1.165, 1.54) is 4.90 Å². The Labute approximate surface area is 186 Å². The molecule has 31 heavy (non-hydrogen) atoms. The summed E-state index contributed by atoms with van der Waals surface area (Å²) in [5, 5.41) is 8.61. The van der Waals surface area contributed by atoms with Crippen LogP contribution in [0, 0.1) is 6.92 Å². The highest BCUT2D eigenvalue weighted by atomic mass is 32.1. The lowest BCUT2D eigenvalue weighted by atomic mass is 10.00. The Morgan fingerprint density at radius 2 is 1.90 bits per heavy atom. The molecule has 0 radical (unpaired) electrons. The zero-order chi connectivity index (χ0) is 22.4. The van der Waals surface area contributed by atoms with Crippen molar-refractivity contribution in [2.45, 2.75) is 52.2 Å². The number of aryl methyl sites for hydroxylation is 1. The van der Waals surface area contributed by atoms with Crippen LogP contribution in [-0.4, -0.2) is 36.8 Å². The zero-order valence-electron chi connectivity index (χ0n) is 18.2. The van der Waals surface area contributed by atoms with Crippen molar-refractivity contribution in [2.75, 3.05) is 0 Å². The van der Waals surface area contributed by atoms with E-state index in [0.29, 0.717) is 5.69 Å². The summed E-state index contributed by atoms with van der Waals surface area (Å²) >= 11 is 1.10. The maximum absolute atomic E-state index is 13.5. The van der Waals surface area contributed by atoms with Gasteiger partial charge in [-0.3, -0.25) is 14.6 Å². The maximum atomic E-state index is 13.5. The number of benzene rings is 1. The van der Waals surface area contributed by atoms with Crippen LogP contribution in [0.5, 0.6) is 0 Å². The second kappa shape index (κ2) is 9.78. The molecule has 8 heteroatoms. The molecule has 1 aromatic carbocycles. The number of carbonyl (C=O) groups excluding carboxylic acids is 2. The molecule has 0 fully saturated rings. The van der Waals surface area contributed by atoms with E-state index in [1.54, 1.807) is 23.7 Å². The van der Waals surface area contributed by atoms with Gasteiger partial charge >= 0.3 is 0 Å². The van der Waals surface area contributed by atoms with Crippen molar-refractivity contribution in [3.63, 3.8) is 0 Å². The minimum atomic E-state index is -0.914. The molecule has 2 amide bonds. The van der Waals surface area contributed by atoms with Crippen molar-refractivity contribution in [1.82, 2.24) is 24.8 Å². The summed E-state index contributed by atoms with van der Waals surface area (Å²) in [7, 11) is 0. The van der Waals surface area contributed by atoms with Crippen molar-refractivity contribution >= 4 is 23.3 Å². The number of amides is 2. The van der Waals surface area contributed by atoms with Crippen LogP contribution in [0.25, 0.3) is 0 Å². The van der Waals surface area contributed by atoms with Crippen LogP contribution < -0.4 is 5.32 Å². The number of nitrogens with one attached hydrogen (secondary N) is 1. The Kier molecular flexibility index (Phi) is 7.12. The van der Waals surface area contributed by atoms with E-state index in [1.807, 2.05) is 58.0 Å². The fourth-order valence-electron chi connectivity index (χ4n) is 3.04. The molecule has 0 aliphatic carbocycles. The molecule has 1 atom stereocenters. The Morgan fingerprint density at radius 3 is 2.48 bits per heavy atom. The first kappa shape index (κ1) is 22.6. The smallest absolute Gasteiger partial charge is 0.276 e. The van der Waals surface area contributed by atoms with Crippen molar-refractivity contribution < 1.29 is 9.59 Å². The lowest BCUT2D eigenvalue weighted by Gasteiger charge is -2.33. The predicted molar refractivity (Wildman–Crippen MR) is 120 cm³/mol. The first-order valence-corrected chi connectivity index (χ1v) is 11.0. The van der Waals surface area contributed by atoms with Gasteiger partial charge in [-0.05, 0) is 56.4 Å². The SMILES string of the molecule is CCC(C)(C)NC(=O)[C@H](c1ccccn1)N(Cc1ccc(C)cc1)C(=O)c1csnn1. The second-order valence-electron chi connectivity index (χ2n) is 8.09. The van der Waals surface area contributed by atoms with E-state index in [0.717, 1.165) is 29.1 Å². The molecule has 0 bridgehead atoms. The highest BCUT2D eigenvalue weighted by molar-refractivity contribution is 7.03. The molecule has 162 valence electrons. The first-order valence-electron chi connectivity index (χ1n) is 10.2. The quantitative estimate of drug-likeness (QED) is 0.577. The normalized spacial score (nSPS) is 12.3. The van der Waals surface area contributed by atoms with Gasteiger partial charge < -0.3 is 10.2 Å². The molecule has 1 N–H and O–H groups in total. The third-order valence-corrected chi connectivity index (χ3v) is 5.69. The Balaban J connectivity index is 2.05. The standard InChI is InChI=1S/C23H27N5O2S/c1-5-23(3,4)25-21(29)20(18-8-6-7-13-24-18)28(22(30)19-15-31-27-26-19)14-17-11-9-16(2)10-12-17/h6-13,15,20H,5,14H2,1-4H3,(H,25,29)/t20-/m0/s1. The summed E-state index contributed by atoms with van der Waals surface area (Å²) in [6, 6.07) is 12.3. The number of hydrogen-bond acceptors (Lipinski definition) is 6. The fraction of sp³-hybridized carbons (Fsp3) is 0.348. The summed E-state index contributed by atoms with van der Waals surface area (Å²) < 4.78 is 3.82. The Morgan fingerprint density at radius 1 is 1.16 bits per heavy atom. The number of hydrogen-bond donors (Lipinski definition) is 1. The van der Waals surface area contributed by atoms with Crippen LogP contribution in [0.3, 0.4) is 0 Å². The summed E-state index contributed by atoms with van der Waals surface area (Å²) in [4.78, 5) is 32.9. The average molecular weight is 438 g/mol. The summed E-state index contributed by atoms with van der Waals surface area (Å²) in [5.41, 5.74) is 2.31. The zero-order valence-corrected chi connectivity index (χ0v) is 19.0.